The van der Waals surface area contributed by atoms with Crippen molar-refractivity contribution < 1.29 is 9.53 Å². The monoisotopic (exact) mass is 495 g/mol. The van der Waals surface area contributed by atoms with E-state index in [1.54, 1.807) is 11.0 Å². The molecule has 0 spiro atoms. The van der Waals surface area contributed by atoms with E-state index in [1.165, 1.54) is 22.5 Å². The van der Waals surface area contributed by atoms with Crippen LogP contribution in [0.1, 0.15) is 11.1 Å². The van der Waals surface area contributed by atoms with Crippen LogP contribution in [0.2, 0.25) is 0 Å². The number of rotatable bonds is 6. The third-order valence-electron chi connectivity index (χ3n) is 4.71. The van der Waals surface area contributed by atoms with Gasteiger partial charge in [-0.2, -0.15) is 0 Å². The normalized spacial score (nSPS) is 15.2. The number of thioether (sulfide) groups is 1. The van der Waals surface area contributed by atoms with Crippen molar-refractivity contribution in [1.29, 1.82) is 0 Å². The Hall–Kier alpha value is -2.41. The molecular weight excluding hydrogens is 478 g/mol. The predicted molar refractivity (Wildman–Crippen MR) is 132 cm³/mol. The van der Waals surface area contributed by atoms with Crippen LogP contribution < -0.4 is 4.74 Å². The summed E-state index contributed by atoms with van der Waals surface area (Å²) in [5, 5.41) is 2.35. The van der Waals surface area contributed by atoms with Gasteiger partial charge in [-0.3, -0.25) is 9.69 Å². The first-order chi connectivity index (χ1) is 14.6. The minimum Gasteiger partial charge on any atom is -0.488 e. The summed E-state index contributed by atoms with van der Waals surface area (Å²) in [5.41, 5.74) is 1.93. The van der Waals surface area contributed by atoms with Crippen LogP contribution >= 0.6 is 39.9 Å². The number of nitrogens with zero attached hydrogens (tertiary/aromatic N) is 1. The molecule has 0 aliphatic carbocycles. The summed E-state index contributed by atoms with van der Waals surface area (Å²) in [7, 11) is 0. The summed E-state index contributed by atoms with van der Waals surface area (Å²) in [6, 6.07) is 20.2. The van der Waals surface area contributed by atoms with Crippen LogP contribution in [0, 0.1) is 0 Å². The van der Waals surface area contributed by atoms with Crippen molar-refractivity contribution in [3.05, 3.63) is 93.8 Å². The first-order valence-corrected chi connectivity index (χ1v) is 11.3. The zero-order valence-corrected chi connectivity index (χ0v) is 19.2. The van der Waals surface area contributed by atoms with Crippen LogP contribution in [0.25, 0.3) is 16.8 Å². The van der Waals surface area contributed by atoms with Crippen LogP contribution in [0.5, 0.6) is 5.75 Å². The number of amides is 1. The molecule has 30 heavy (non-hydrogen) atoms. The Balaban J connectivity index is 1.62. The van der Waals surface area contributed by atoms with Crippen LogP contribution in [-0.4, -0.2) is 21.7 Å². The molecule has 0 N–H and O–H groups in total. The topological polar surface area (TPSA) is 29.5 Å². The van der Waals surface area contributed by atoms with Crippen molar-refractivity contribution in [2.45, 2.75) is 6.61 Å². The number of ether oxygens (including phenoxy) is 1. The van der Waals surface area contributed by atoms with Gasteiger partial charge in [0.1, 0.15) is 16.7 Å². The molecule has 1 amide bonds. The maximum absolute atomic E-state index is 12.7. The fourth-order valence-corrected chi connectivity index (χ4v) is 4.91. The molecule has 4 rings (SSSR count). The maximum Gasteiger partial charge on any atom is 0.266 e. The van der Waals surface area contributed by atoms with Crippen molar-refractivity contribution in [2.75, 3.05) is 6.54 Å². The van der Waals surface area contributed by atoms with Crippen molar-refractivity contribution in [2.24, 2.45) is 0 Å². The summed E-state index contributed by atoms with van der Waals surface area (Å²) < 4.78 is 7.64. The van der Waals surface area contributed by atoms with E-state index in [9.17, 15) is 4.79 Å². The Morgan fingerprint density at radius 2 is 1.93 bits per heavy atom. The van der Waals surface area contributed by atoms with E-state index < -0.39 is 0 Å². The van der Waals surface area contributed by atoms with Gasteiger partial charge in [-0.1, -0.05) is 88.5 Å². The lowest BCUT2D eigenvalue weighted by molar-refractivity contribution is -0.121. The van der Waals surface area contributed by atoms with Gasteiger partial charge < -0.3 is 4.74 Å². The van der Waals surface area contributed by atoms with Gasteiger partial charge in [0.2, 0.25) is 0 Å². The molecule has 3 nitrogen and oxygen atoms in total. The fraction of sp³-hybridized carbons (Fsp3) is 0.0833. The minimum atomic E-state index is -0.107. The molecule has 0 aromatic heterocycles. The highest BCUT2D eigenvalue weighted by molar-refractivity contribution is 9.10. The van der Waals surface area contributed by atoms with Gasteiger partial charge in [-0.05, 0) is 40.6 Å². The summed E-state index contributed by atoms with van der Waals surface area (Å²) >= 11 is 10.1. The lowest BCUT2D eigenvalue weighted by Crippen LogP contribution is -2.27. The van der Waals surface area contributed by atoms with Crippen LogP contribution in [0.3, 0.4) is 0 Å². The number of carbonyl (C=O) groups excluding carboxylic acids is 1. The molecule has 0 radical (unpaired) electrons. The van der Waals surface area contributed by atoms with Gasteiger partial charge in [0.05, 0.1) is 4.91 Å². The van der Waals surface area contributed by atoms with Crippen molar-refractivity contribution >= 4 is 67.0 Å². The molecule has 0 saturated carbocycles. The molecule has 3 aromatic rings. The van der Waals surface area contributed by atoms with Gasteiger partial charge in [0.25, 0.3) is 5.91 Å². The van der Waals surface area contributed by atoms with E-state index in [1.807, 2.05) is 42.5 Å². The Morgan fingerprint density at radius 1 is 1.13 bits per heavy atom. The Labute approximate surface area is 193 Å². The maximum atomic E-state index is 12.7. The predicted octanol–water partition coefficient (Wildman–Crippen LogP) is 6.57. The average molecular weight is 496 g/mol. The number of hydrogen-bond donors (Lipinski definition) is 0. The number of carbonyl (C=O) groups is 1. The lowest BCUT2D eigenvalue weighted by Gasteiger charge is -2.12. The highest BCUT2D eigenvalue weighted by atomic mass is 79.9. The van der Waals surface area contributed by atoms with Crippen molar-refractivity contribution in [3.8, 4) is 5.75 Å². The molecule has 3 aromatic carbocycles. The quantitative estimate of drug-likeness (QED) is 0.219. The van der Waals surface area contributed by atoms with Crippen LogP contribution in [0.15, 0.2) is 82.7 Å². The van der Waals surface area contributed by atoms with Crippen LogP contribution in [-0.2, 0) is 11.4 Å². The minimum absolute atomic E-state index is 0.107. The average Bonchev–Trinajstić information content (AvgIpc) is 3.01. The number of thiocarbonyl (C=S) groups is 1. The third kappa shape index (κ3) is 4.36. The number of hydrogen-bond acceptors (Lipinski definition) is 4. The summed E-state index contributed by atoms with van der Waals surface area (Å²) in [6.45, 7) is 4.53. The Bertz CT molecular complexity index is 1180. The Kier molecular flexibility index (Phi) is 6.37. The second-order valence-corrected chi connectivity index (χ2v) is 9.28. The molecule has 6 heteroatoms. The first kappa shape index (κ1) is 20.8. The van der Waals surface area contributed by atoms with E-state index in [4.69, 9.17) is 17.0 Å². The lowest BCUT2D eigenvalue weighted by atomic mass is 10.1. The summed E-state index contributed by atoms with van der Waals surface area (Å²) in [5.74, 6) is 0.602. The molecule has 150 valence electrons. The number of halogens is 1. The second kappa shape index (κ2) is 9.16. The van der Waals surface area contributed by atoms with E-state index in [0.29, 0.717) is 28.1 Å². The molecule has 1 heterocycles. The highest BCUT2D eigenvalue weighted by Crippen LogP contribution is 2.35. The molecule has 1 aliphatic rings. The standard InChI is InChI=1S/C24H18BrNO2S2/c1-2-12-26-23(27)22(30-24(26)29)14-18-13-19(25)10-11-21(18)28-15-17-8-5-7-16-6-3-4-9-20(16)17/h2-11,13-14H,1,12,15H2/b22-14+. The smallest absolute Gasteiger partial charge is 0.266 e. The first-order valence-electron chi connectivity index (χ1n) is 9.32. The largest absolute Gasteiger partial charge is 0.488 e. The molecule has 1 aliphatic heterocycles. The molecule has 1 saturated heterocycles. The van der Waals surface area contributed by atoms with E-state index in [-0.39, 0.29) is 5.91 Å². The summed E-state index contributed by atoms with van der Waals surface area (Å²) in [4.78, 5) is 14.8. The Morgan fingerprint density at radius 3 is 2.77 bits per heavy atom. The van der Waals surface area contributed by atoms with Gasteiger partial charge >= 0.3 is 0 Å². The SMILES string of the molecule is C=CCN1C(=O)/C(=C\c2cc(Br)ccc2OCc2cccc3ccccc23)SC1=S. The molecule has 0 atom stereocenters. The third-order valence-corrected chi connectivity index (χ3v) is 6.58. The van der Waals surface area contributed by atoms with E-state index in [0.717, 1.165) is 15.6 Å². The summed E-state index contributed by atoms with van der Waals surface area (Å²) in [6.07, 6.45) is 3.51. The van der Waals surface area contributed by atoms with Gasteiger partial charge in [-0.25, -0.2) is 0 Å². The van der Waals surface area contributed by atoms with Crippen molar-refractivity contribution in [1.82, 2.24) is 4.90 Å². The number of benzene rings is 3. The van der Waals surface area contributed by atoms with E-state index >= 15 is 0 Å². The molecule has 0 bridgehead atoms. The van der Waals surface area contributed by atoms with Crippen LogP contribution in [0.4, 0.5) is 0 Å². The van der Waals surface area contributed by atoms with Gasteiger partial charge in [-0.15, -0.1) is 6.58 Å². The second-order valence-electron chi connectivity index (χ2n) is 6.69. The van der Waals surface area contributed by atoms with E-state index in [2.05, 4.69) is 46.8 Å². The van der Waals surface area contributed by atoms with Gasteiger partial charge in [0, 0.05) is 16.6 Å². The molecule has 1 fully saturated rings. The molecule has 0 unspecified atom stereocenters. The number of fused-ring (bicyclic) bond motifs is 1. The zero-order chi connectivity index (χ0) is 21.1. The zero-order valence-electron chi connectivity index (χ0n) is 16.0. The van der Waals surface area contributed by atoms with Gasteiger partial charge in [0.15, 0.2) is 0 Å². The van der Waals surface area contributed by atoms with Crippen molar-refractivity contribution in [3.63, 3.8) is 0 Å². The molecular formula is C24H18BrNO2S2. The fourth-order valence-electron chi connectivity index (χ4n) is 3.27. The highest BCUT2D eigenvalue weighted by Gasteiger charge is 2.31.